The lowest BCUT2D eigenvalue weighted by atomic mass is 9.83. The molecule has 1 N–H and O–H groups in total. The van der Waals surface area contributed by atoms with Crippen LogP contribution in [-0.4, -0.2) is 29.1 Å². The molecule has 0 atom stereocenters. The number of hydrogen-bond acceptors (Lipinski definition) is 3. The van der Waals surface area contributed by atoms with Gasteiger partial charge in [0.2, 0.25) is 0 Å². The van der Waals surface area contributed by atoms with Gasteiger partial charge in [-0.2, -0.15) is 0 Å². The summed E-state index contributed by atoms with van der Waals surface area (Å²) in [7, 11) is 0. The highest BCUT2D eigenvalue weighted by molar-refractivity contribution is 5.95. The molecule has 0 fully saturated rings. The molecule has 1 aliphatic rings. The summed E-state index contributed by atoms with van der Waals surface area (Å²) < 4.78 is 0. The van der Waals surface area contributed by atoms with Gasteiger partial charge in [0, 0.05) is 18.8 Å². The summed E-state index contributed by atoms with van der Waals surface area (Å²) in [6, 6.07) is 1.88. The Morgan fingerprint density at radius 3 is 2.48 bits per heavy atom. The molecule has 4 heteroatoms. The summed E-state index contributed by atoms with van der Waals surface area (Å²) in [6.45, 7) is 11.9. The normalized spacial score (nSPS) is 15.9. The summed E-state index contributed by atoms with van der Waals surface area (Å²) in [5, 5.41) is 9.47. The van der Waals surface area contributed by atoms with Gasteiger partial charge in [0.25, 0.3) is 0 Å². The monoisotopic (exact) mass is 288 g/mol. The molecular weight excluding hydrogens is 264 g/mol. The zero-order valence-electron chi connectivity index (χ0n) is 13.5. The summed E-state index contributed by atoms with van der Waals surface area (Å²) >= 11 is 0. The molecular formula is C17H24N2O2. The quantitative estimate of drug-likeness (QED) is 0.845. The Balaban J connectivity index is 2.37. The SMILES string of the molecule is Cc1cc(N2CC=C(C(C)(C)C)CC2)c(C(=O)O)c(C)n1. The fraction of sp³-hybridized carbons (Fsp3) is 0.529. The van der Waals surface area contributed by atoms with Crippen LogP contribution in [0.5, 0.6) is 0 Å². The Morgan fingerprint density at radius 1 is 1.33 bits per heavy atom. The molecule has 2 rings (SSSR count). The number of carboxylic acids is 1. The maximum absolute atomic E-state index is 11.5. The van der Waals surface area contributed by atoms with E-state index in [1.807, 2.05) is 13.0 Å². The van der Waals surface area contributed by atoms with Crippen molar-refractivity contribution in [3.63, 3.8) is 0 Å². The smallest absolute Gasteiger partial charge is 0.339 e. The second-order valence-electron chi connectivity index (χ2n) is 6.72. The molecule has 0 bridgehead atoms. The molecule has 114 valence electrons. The average Bonchev–Trinajstić information content (AvgIpc) is 2.36. The number of aromatic carboxylic acids is 1. The molecule has 1 aliphatic heterocycles. The number of rotatable bonds is 2. The topological polar surface area (TPSA) is 53.4 Å². The van der Waals surface area contributed by atoms with E-state index in [0.29, 0.717) is 11.3 Å². The zero-order valence-corrected chi connectivity index (χ0v) is 13.5. The van der Waals surface area contributed by atoms with Crippen molar-refractivity contribution >= 4 is 11.7 Å². The summed E-state index contributed by atoms with van der Waals surface area (Å²) in [6.07, 6.45) is 3.21. The lowest BCUT2D eigenvalue weighted by molar-refractivity contribution is 0.0696. The standard InChI is InChI=1S/C17H24N2O2/c1-11-10-14(15(16(20)21)12(2)18-11)19-8-6-13(7-9-19)17(3,4)5/h6,10H,7-9H2,1-5H3,(H,20,21). The van der Waals surface area contributed by atoms with E-state index in [1.54, 1.807) is 6.92 Å². The fourth-order valence-corrected chi connectivity index (χ4v) is 2.89. The van der Waals surface area contributed by atoms with Crippen LogP contribution in [0.25, 0.3) is 0 Å². The van der Waals surface area contributed by atoms with Gasteiger partial charge in [-0.15, -0.1) is 0 Å². The molecule has 21 heavy (non-hydrogen) atoms. The molecule has 0 spiro atoms. The third-order valence-electron chi connectivity index (χ3n) is 4.03. The van der Waals surface area contributed by atoms with Crippen LogP contribution in [0.2, 0.25) is 0 Å². The molecule has 0 unspecified atom stereocenters. The molecule has 0 radical (unpaired) electrons. The fourth-order valence-electron chi connectivity index (χ4n) is 2.89. The van der Waals surface area contributed by atoms with Gasteiger partial charge in [0.05, 0.1) is 11.4 Å². The van der Waals surface area contributed by atoms with E-state index in [-0.39, 0.29) is 5.41 Å². The third-order valence-corrected chi connectivity index (χ3v) is 4.03. The lowest BCUT2D eigenvalue weighted by Gasteiger charge is -2.34. The van der Waals surface area contributed by atoms with Crippen molar-refractivity contribution in [3.05, 3.63) is 34.7 Å². The van der Waals surface area contributed by atoms with E-state index >= 15 is 0 Å². The van der Waals surface area contributed by atoms with Gasteiger partial charge < -0.3 is 10.0 Å². The van der Waals surface area contributed by atoms with Crippen LogP contribution in [0.3, 0.4) is 0 Å². The first-order valence-electron chi connectivity index (χ1n) is 7.36. The molecule has 2 heterocycles. The van der Waals surface area contributed by atoms with Crippen molar-refractivity contribution in [2.45, 2.75) is 41.0 Å². The first-order chi connectivity index (χ1) is 9.70. The maximum Gasteiger partial charge on any atom is 0.339 e. The predicted octanol–water partition coefficient (Wildman–Crippen LogP) is 3.58. The van der Waals surface area contributed by atoms with Crippen LogP contribution in [0.1, 0.15) is 48.9 Å². The van der Waals surface area contributed by atoms with Crippen molar-refractivity contribution in [1.82, 2.24) is 4.98 Å². The van der Waals surface area contributed by atoms with Gasteiger partial charge in [-0.25, -0.2) is 4.79 Å². The van der Waals surface area contributed by atoms with Crippen LogP contribution < -0.4 is 4.90 Å². The van der Waals surface area contributed by atoms with E-state index in [0.717, 1.165) is 30.9 Å². The number of aryl methyl sites for hydroxylation is 2. The molecule has 1 aromatic rings. The van der Waals surface area contributed by atoms with E-state index < -0.39 is 5.97 Å². The summed E-state index contributed by atoms with van der Waals surface area (Å²) in [5.74, 6) is -0.902. The second kappa shape index (κ2) is 5.51. The minimum absolute atomic E-state index is 0.186. The Kier molecular flexibility index (Phi) is 4.08. The largest absolute Gasteiger partial charge is 0.478 e. The maximum atomic E-state index is 11.5. The van der Waals surface area contributed by atoms with Gasteiger partial charge >= 0.3 is 5.97 Å². The van der Waals surface area contributed by atoms with Crippen molar-refractivity contribution in [2.24, 2.45) is 5.41 Å². The van der Waals surface area contributed by atoms with Gasteiger partial charge in [0.15, 0.2) is 0 Å². The summed E-state index contributed by atoms with van der Waals surface area (Å²) in [5.41, 5.74) is 4.19. The van der Waals surface area contributed by atoms with Crippen molar-refractivity contribution in [3.8, 4) is 0 Å². The Morgan fingerprint density at radius 2 is 2.00 bits per heavy atom. The minimum atomic E-state index is -0.902. The Hall–Kier alpha value is -1.84. The predicted molar refractivity (Wildman–Crippen MR) is 85.0 cm³/mol. The van der Waals surface area contributed by atoms with Crippen molar-refractivity contribution in [1.29, 1.82) is 0 Å². The lowest BCUT2D eigenvalue weighted by Crippen LogP contribution is -2.32. The molecule has 0 saturated carbocycles. The number of anilines is 1. The van der Waals surface area contributed by atoms with E-state index in [9.17, 15) is 9.90 Å². The number of carboxylic acid groups (broad SMARTS) is 1. The van der Waals surface area contributed by atoms with Gasteiger partial charge in [0.1, 0.15) is 5.56 Å². The van der Waals surface area contributed by atoms with E-state index in [2.05, 4.69) is 36.7 Å². The Bertz CT molecular complexity index is 598. The average molecular weight is 288 g/mol. The van der Waals surface area contributed by atoms with Crippen LogP contribution >= 0.6 is 0 Å². The number of pyridine rings is 1. The van der Waals surface area contributed by atoms with Crippen LogP contribution in [-0.2, 0) is 0 Å². The molecule has 0 amide bonds. The van der Waals surface area contributed by atoms with E-state index in [4.69, 9.17) is 0 Å². The minimum Gasteiger partial charge on any atom is -0.478 e. The number of carbonyl (C=O) groups is 1. The molecule has 1 aromatic heterocycles. The molecule has 0 saturated heterocycles. The molecule has 4 nitrogen and oxygen atoms in total. The highest BCUT2D eigenvalue weighted by Crippen LogP contribution is 2.33. The van der Waals surface area contributed by atoms with Gasteiger partial charge in [-0.05, 0) is 31.7 Å². The first-order valence-corrected chi connectivity index (χ1v) is 7.36. The van der Waals surface area contributed by atoms with Crippen LogP contribution in [0.4, 0.5) is 5.69 Å². The number of hydrogen-bond donors (Lipinski definition) is 1. The van der Waals surface area contributed by atoms with Gasteiger partial charge in [-0.1, -0.05) is 32.4 Å². The van der Waals surface area contributed by atoms with E-state index in [1.165, 1.54) is 5.57 Å². The highest BCUT2D eigenvalue weighted by Gasteiger charge is 2.25. The second-order valence-corrected chi connectivity index (χ2v) is 6.72. The highest BCUT2D eigenvalue weighted by atomic mass is 16.4. The zero-order chi connectivity index (χ0) is 15.8. The van der Waals surface area contributed by atoms with Crippen molar-refractivity contribution < 1.29 is 9.90 Å². The Labute approximate surface area is 126 Å². The van der Waals surface area contributed by atoms with Crippen molar-refractivity contribution in [2.75, 3.05) is 18.0 Å². The molecule has 0 aliphatic carbocycles. The van der Waals surface area contributed by atoms with Crippen LogP contribution in [0, 0.1) is 19.3 Å². The molecule has 0 aromatic carbocycles. The van der Waals surface area contributed by atoms with Gasteiger partial charge in [-0.3, -0.25) is 4.98 Å². The third kappa shape index (κ3) is 3.26. The van der Waals surface area contributed by atoms with Crippen LogP contribution in [0.15, 0.2) is 17.7 Å². The number of nitrogens with zero attached hydrogens (tertiary/aromatic N) is 2. The number of aromatic nitrogens is 1. The summed E-state index contributed by atoms with van der Waals surface area (Å²) in [4.78, 5) is 18.0. The first kappa shape index (κ1) is 15.5.